The van der Waals surface area contributed by atoms with Crippen molar-refractivity contribution in [3.8, 4) is 16.3 Å². The highest BCUT2D eigenvalue weighted by Crippen LogP contribution is 2.41. The van der Waals surface area contributed by atoms with Crippen molar-refractivity contribution in [3.63, 3.8) is 0 Å². The Morgan fingerprint density at radius 3 is 2.69 bits per heavy atom. The predicted molar refractivity (Wildman–Crippen MR) is 98.0 cm³/mol. The second kappa shape index (κ2) is 6.36. The number of nitrogen functional groups attached to an aromatic ring is 1. The van der Waals surface area contributed by atoms with Gasteiger partial charge in [-0.25, -0.2) is 15.5 Å². The molecule has 3 aromatic rings. The molecule has 0 spiro atoms. The van der Waals surface area contributed by atoms with E-state index in [-0.39, 0.29) is 5.91 Å². The van der Waals surface area contributed by atoms with Crippen LogP contribution in [0.3, 0.4) is 0 Å². The van der Waals surface area contributed by atoms with Gasteiger partial charge in [-0.1, -0.05) is 29.5 Å². The van der Waals surface area contributed by atoms with E-state index in [9.17, 15) is 9.59 Å². The number of nitrogens with two attached hydrogens (primary N) is 1. The van der Waals surface area contributed by atoms with Crippen LogP contribution in [-0.2, 0) is 17.6 Å². The molecule has 0 bridgehead atoms. The van der Waals surface area contributed by atoms with E-state index >= 15 is 0 Å². The summed E-state index contributed by atoms with van der Waals surface area (Å²) in [4.78, 5) is 29.0. The van der Waals surface area contributed by atoms with Gasteiger partial charge in [0, 0.05) is 12.5 Å². The van der Waals surface area contributed by atoms with E-state index in [1.807, 2.05) is 30.3 Å². The van der Waals surface area contributed by atoms with E-state index in [0.717, 1.165) is 27.5 Å². The molecule has 132 valence electrons. The standard InChI is InChI=1S/C17H16N6O2S/c1-9(24)19-17-20-12-8-7-11-13(16(25)21-18)22-23(14(11)15(12)26-17)10-5-3-2-4-6-10/h2-6H,7-8,18H2,1H3,(H,21,25)(H,19,20,24). The lowest BCUT2D eigenvalue weighted by Crippen LogP contribution is -2.31. The van der Waals surface area contributed by atoms with Gasteiger partial charge in [0.2, 0.25) is 5.91 Å². The Kier molecular flexibility index (Phi) is 4.02. The van der Waals surface area contributed by atoms with E-state index in [4.69, 9.17) is 5.84 Å². The third-order valence-corrected chi connectivity index (χ3v) is 5.16. The van der Waals surface area contributed by atoms with Crippen molar-refractivity contribution in [1.29, 1.82) is 0 Å². The van der Waals surface area contributed by atoms with Crippen LogP contribution in [0.1, 0.15) is 28.7 Å². The van der Waals surface area contributed by atoms with Crippen LogP contribution in [-0.4, -0.2) is 26.6 Å². The number of aryl methyl sites for hydroxylation is 1. The second-order valence-electron chi connectivity index (χ2n) is 5.87. The molecule has 1 aromatic carbocycles. The smallest absolute Gasteiger partial charge is 0.285 e. The number of hydrogen-bond donors (Lipinski definition) is 3. The number of aromatic nitrogens is 3. The SMILES string of the molecule is CC(=O)Nc1nc2c(s1)-c1c(c(C(=O)NN)nn1-c1ccccc1)CC2. The van der Waals surface area contributed by atoms with Crippen LogP contribution in [0.5, 0.6) is 0 Å². The first-order valence-corrected chi connectivity index (χ1v) is 8.86. The number of carbonyl (C=O) groups excluding carboxylic acids is 2. The normalized spacial score (nSPS) is 12.2. The van der Waals surface area contributed by atoms with Gasteiger partial charge < -0.3 is 5.32 Å². The van der Waals surface area contributed by atoms with Crippen LogP contribution in [0.25, 0.3) is 16.3 Å². The zero-order chi connectivity index (χ0) is 18.3. The molecular formula is C17H16N6O2S. The maximum Gasteiger partial charge on any atom is 0.285 e. The van der Waals surface area contributed by atoms with E-state index in [1.165, 1.54) is 18.3 Å². The Morgan fingerprint density at radius 1 is 1.23 bits per heavy atom. The van der Waals surface area contributed by atoms with Gasteiger partial charge in [-0.3, -0.25) is 15.0 Å². The number of carbonyl (C=O) groups is 2. The lowest BCUT2D eigenvalue weighted by Gasteiger charge is -2.13. The van der Waals surface area contributed by atoms with Crippen molar-refractivity contribution in [2.45, 2.75) is 19.8 Å². The number of hydrogen-bond acceptors (Lipinski definition) is 6. The number of anilines is 1. The van der Waals surface area contributed by atoms with Gasteiger partial charge in [-0.2, -0.15) is 5.10 Å². The lowest BCUT2D eigenvalue weighted by atomic mass is 9.97. The van der Waals surface area contributed by atoms with Crippen LogP contribution in [0.15, 0.2) is 30.3 Å². The topological polar surface area (TPSA) is 115 Å². The summed E-state index contributed by atoms with van der Waals surface area (Å²) in [6, 6.07) is 9.57. The van der Waals surface area contributed by atoms with Gasteiger partial charge >= 0.3 is 0 Å². The number of hydrazine groups is 1. The molecule has 0 atom stereocenters. The van der Waals surface area contributed by atoms with Crippen LogP contribution in [0.4, 0.5) is 5.13 Å². The van der Waals surface area contributed by atoms with Gasteiger partial charge in [-0.05, 0) is 25.0 Å². The summed E-state index contributed by atoms with van der Waals surface area (Å²) in [6.45, 7) is 1.45. The van der Waals surface area contributed by atoms with Crippen molar-refractivity contribution in [3.05, 3.63) is 47.3 Å². The quantitative estimate of drug-likeness (QED) is 0.369. The summed E-state index contributed by atoms with van der Waals surface area (Å²) in [6.07, 6.45) is 1.30. The zero-order valence-electron chi connectivity index (χ0n) is 13.9. The molecular weight excluding hydrogens is 352 g/mol. The van der Waals surface area contributed by atoms with Crippen molar-refractivity contribution >= 4 is 28.3 Å². The largest absolute Gasteiger partial charge is 0.302 e. The summed E-state index contributed by atoms with van der Waals surface area (Å²) in [5, 5.41) is 7.79. The van der Waals surface area contributed by atoms with E-state index < -0.39 is 5.91 Å². The molecule has 8 nitrogen and oxygen atoms in total. The highest BCUT2D eigenvalue weighted by Gasteiger charge is 2.31. The molecule has 0 fully saturated rings. The number of para-hydroxylation sites is 1. The Bertz CT molecular complexity index is 1010. The summed E-state index contributed by atoms with van der Waals surface area (Å²) in [7, 11) is 0. The molecule has 0 aliphatic heterocycles. The lowest BCUT2D eigenvalue weighted by molar-refractivity contribution is -0.114. The Labute approximate surface area is 153 Å². The van der Waals surface area contributed by atoms with E-state index in [1.54, 1.807) is 4.68 Å². The third-order valence-electron chi connectivity index (χ3n) is 4.14. The second-order valence-corrected chi connectivity index (χ2v) is 6.87. The first kappa shape index (κ1) is 16.4. The monoisotopic (exact) mass is 368 g/mol. The molecule has 1 aliphatic carbocycles. The van der Waals surface area contributed by atoms with Gasteiger partial charge in [0.1, 0.15) is 0 Å². The number of amides is 2. The molecule has 2 heterocycles. The minimum Gasteiger partial charge on any atom is -0.302 e. The van der Waals surface area contributed by atoms with Gasteiger partial charge in [0.05, 0.1) is 22.0 Å². The Morgan fingerprint density at radius 2 is 2.00 bits per heavy atom. The number of nitrogens with zero attached hydrogens (tertiary/aromatic N) is 3. The molecule has 2 aromatic heterocycles. The van der Waals surface area contributed by atoms with E-state index in [2.05, 4.69) is 20.8 Å². The Hall–Kier alpha value is -3.04. The molecule has 4 rings (SSSR count). The minimum absolute atomic E-state index is 0.170. The van der Waals surface area contributed by atoms with Crippen molar-refractivity contribution < 1.29 is 9.59 Å². The molecule has 4 N–H and O–H groups in total. The highest BCUT2D eigenvalue weighted by atomic mass is 32.1. The van der Waals surface area contributed by atoms with Crippen LogP contribution >= 0.6 is 11.3 Å². The third kappa shape index (κ3) is 2.67. The van der Waals surface area contributed by atoms with Crippen molar-refractivity contribution in [2.75, 3.05) is 5.32 Å². The summed E-state index contributed by atoms with van der Waals surface area (Å²) in [5.41, 5.74) is 5.87. The highest BCUT2D eigenvalue weighted by molar-refractivity contribution is 7.19. The maximum atomic E-state index is 12.2. The molecule has 9 heteroatoms. The first-order chi connectivity index (χ1) is 12.6. The molecule has 0 saturated carbocycles. The molecule has 0 saturated heterocycles. The van der Waals surface area contributed by atoms with Gasteiger partial charge in [0.15, 0.2) is 10.8 Å². The molecule has 2 amide bonds. The first-order valence-electron chi connectivity index (χ1n) is 8.04. The van der Waals surface area contributed by atoms with Gasteiger partial charge in [-0.15, -0.1) is 0 Å². The number of nitrogens with one attached hydrogen (secondary N) is 2. The number of rotatable bonds is 3. The minimum atomic E-state index is -0.425. The molecule has 0 radical (unpaired) electrons. The number of benzene rings is 1. The maximum absolute atomic E-state index is 12.2. The van der Waals surface area contributed by atoms with Crippen molar-refractivity contribution in [1.82, 2.24) is 20.2 Å². The molecule has 26 heavy (non-hydrogen) atoms. The van der Waals surface area contributed by atoms with Crippen LogP contribution in [0, 0.1) is 0 Å². The van der Waals surface area contributed by atoms with Gasteiger partial charge in [0.25, 0.3) is 5.91 Å². The summed E-state index contributed by atoms with van der Waals surface area (Å²) >= 11 is 1.38. The summed E-state index contributed by atoms with van der Waals surface area (Å²) in [5.74, 6) is 4.74. The van der Waals surface area contributed by atoms with Crippen LogP contribution < -0.4 is 16.6 Å². The fourth-order valence-corrected chi connectivity index (χ4v) is 4.20. The summed E-state index contributed by atoms with van der Waals surface area (Å²) < 4.78 is 1.74. The van der Waals surface area contributed by atoms with Crippen LogP contribution in [0.2, 0.25) is 0 Å². The Balaban J connectivity index is 1.93. The fraction of sp³-hybridized carbons (Fsp3) is 0.176. The zero-order valence-corrected chi connectivity index (χ0v) is 14.8. The molecule has 1 aliphatic rings. The van der Waals surface area contributed by atoms with Crippen molar-refractivity contribution in [2.24, 2.45) is 5.84 Å². The van der Waals surface area contributed by atoms with E-state index in [0.29, 0.717) is 23.7 Å². The number of fused-ring (bicyclic) bond motifs is 3. The average Bonchev–Trinajstić information content (AvgIpc) is 3.21. The number of thiazole rings is 1. The fourth-order valence-electron chi connectivity index (χ4n) is 3.08. The molecule has 0 unspecified atom stereocenters. The average molecular weight is 368 g/mol. The predicted octanol–water partition coefficient (Wildman–Crippen LogP) is 1.66.